The third-order valence-corrected chi connectivity index (χ3v) is 2.59. The highest BCUT2D eigenvalue weighted by molar-refractivity contribution is 5.41. The topological polar surface area (TPSA) is 104 Å². The SMILES string of the molecule is CC(C)c1nc(N)cc(Oc2ccc([N+](=O)[O-])c(F)c2)n1. The lowest BCUT2D eigenvalue weighted by Crippen LogP contribution is -2.03. The van der Waals surface area contributed by atoms with Crippen molar-refractivity contribution in [2.45, 2.75) is 19.8 Å². The molecule has 0 radical (unpaired) electrons. The van der Waals surface area contributed by atoms with Gasteiger partial charge in [0.25, 0.3) is 0 Å². The number of nitro benzene ring substituents is 1. The third kappa shape index (κ3) is 3.41. The zero-order valence-electron chi connectivity index (χ0n) is 11.4. The molecule has 0 spiro atoms. The average molecular weight is 292 g/mol. The van der Waals surface area contributed by atoms with E-state index in [0.29, 0.717) is 5.82 Å². The van der Waals surface area contributed by atoms with E-state index < -0.39 is 16.4 Å². The van der Waals surface area contributed by atoms with Crippen LogP contribution in [0.4, 0.5) is 15.9 Å². The Morgan fingerprint density at radius 3 is 2.62 bits per heavy atom. The number of hydrogen-bond acceptors (Lipinski definition) is 6. The van der Waals surface area contributed by atoms with Crippen LogP contribution in [0.15, 0.2) is 24.3 Å². The zero-order chi connectivity index (χ0) is 15.6. The summed E-state index contributed by atoms with van der Waals surface area (Å²) in [5, 5.41) is 10.5. The molecule has 2 rings (SSSR count). The summed E-state index contributed by atoms with van der Waals surface area (Å²) in [4.78, 5) is 17.9. The second-order valence-corrected chi connectivity index (χ2v) is 4.62. The van der Waals surface area contributed by atoms with E-state index in [0.717, 1.165) is 12.1 Å². The maximum Gasteiger partial charge on any atom is 0.305 e. The number of aromatic nitrogens is 2. The number of halogens is 1. The Morgan fingerprint density at radius 1 is 1.33 bits per heavy atom. The second-order valence-electron chi connectivity index (χ2n) is 4.62. The minimum Gasteiger partial charge on any atom is -0.439 e. The van der Waals surface area contributed by atoms with Crippen LogP contribution in [0.5, 0.6) is 11.6 Å². The molecule has 1 aromatic carbocycles. The van der Waals surface area contributed by atoms with Crippen LogP contribution in [0.1, 0.15) is 25.6 Å². The Balaban J connectivity index is 2.30. The van der Waals surface area contributed by atoms with Gasteiger partial charge in [-0.3, -0.25) is 10.1 Å². The summed E-state index contributed by atoms with van der Waals surface area (Å²) in [5.74, 6) is 0.0249. The molecule has 0 bridgehead atoms. The summed E-state index contributed by atoms with van der Waals surface area (Å²) in [5.41, 5.74) is 5.03. The molecule has 0 aliphatic rings. The van der Waals surface area contributed by atoms with Crippen molar-refractivity contribution in [2.75, 3.05) is 5.73 Å². The highest BCUT2D eigenvalue weighted by atomic mass is 19.1. The number of nitrogen functional groups attached to an aromatic ring is 1. The van der Waals surface area contributed by atoms with Gasteiger partial charge in [-0.2, -0.15) is 9.37 Å². The van der Waals surface area contributed by atoms with Crippen LogP contribution < -0.4 is 10.5 Å². The van der Waals surface area contributed by atoms with Crippen LogP contribution >= 0.6 is 0 Å². The van der Waals surface area contributed by atoms with Gasteiger partial charge in [0.2, 0.25) is 11.7 Å². The van der Waals surface area contributed by atoms with Crippen molar-refractivity contribution in [3.8, 4) is 11.6 Å². The molecular weight excluding hydrogens is 279 g/mol. The van der Waals surface area contributed by atoms with Crippen LogP contribution in [-0.2, 0) is 0 Å². The molecule has 0 unspecified atom stereocenters. The summed E-state index contributed by atoms with van der Waals surface area (Å²) >= 11 is 0. The predicted molar refractivity (Wildman–Crippen MR) is 73.7 cm³/mol. The first-order chi connectivity index (χ1) is 9.86. The number of benzene rings is 1. The maximum atomic E-state index is 13.5. The number of hydrogen-bond donors (Lipinski definition) is 1. The van der Waals surface area contributed by atoms with Gasteiger partial charge in [-0.1, -0.05) is 13.8 Å². The van der Waals surface area contributed by atoms with Gasteiger partial charge in [-0.25, -0.2) is 4.98 Å². The molecule has 0 amide bonds. The van der Waals surface area contributed by atoms with Crippen LogP contribution in [-0.4, -0.2) is 14.9 Å². The highest BCUT2D eigenvalue weighted by Crippen LogP contribution is 2.27. The van der Waals surface area contributed by atoms with E-state index in [1.165, 1.54) is 12.1 Å². The number of anilines is 1. The van der Waals surface area contributed by atoms with Gasteiger partial charge in [-0.05, 0) is 6.07 Å². The Kier molecular flexibility index (Phi) is 3.97. The maximum absolute atomic E-state index is 13.5. The van der Waals surface area contributed by atoms with Crippen molar-refractivity contribution in [1.29, 1.82) is 0 Å². The van der Waals surface area contributed by atoms with Crippen molar-refractivity contribution < 1.29 is 14.1 Å². The van der Waals surface area contributed by atoms with Crippen LogP contribution in [0.2, 0.25) is 0 Å². The first-order valence-electron chi connectivity index (χ1n) is 6.13. The first-order valence-corrected chi connectivity index (χ1v) is 6.13. The average Bonchev–Trinajstić information content (AvgIpc) is 2.37. The summed E-state index contributed by atoms with van der Waals surface area (Å²) in [6.07, 6.45) is 0. The van der Waals surface area contributed by atoms with Gasteiger partial charge in [0.05, 0.1) is 4.92 Å². The number of nitrogens with zero attached hydrogens (tertiary/aromatic N) is 3. The molecule has 0 atom stereocenters. The fourth-order valence-electron chi connectivity index (χ4n) is 1.59. The second kappa shape index (κ2) is 5.70. The fraction of sp³-hybridized carbons (Fsp3) is 0.231. The normalized spacial score (nSPS) is 10.7. The van der Waals surface area contributed by atoms with E-state index in [1.807, 2.05) is 13.8 Å². The van der Waals surface area contributed by atoms with Gasteiger partial charge in [0, 0.05) is 24.1 Å². The van der Waals surface area contributed by atoms with Crippen molar-refractivity contribution in [3.05, 3.63) is 46.0 Å². The predicted octanol–water partition coefficient (Wildman–Crippen LogP) is 3.02. The molecule has 0 saturated carbocycles. The summed E-state index contributed by atoms with van der Waals surface area (Å²) in [6.45, 7) is 3.79. The number of nitro groups is 1. The van der Waals surface area contributed by atoms with Crippen molar-refractivity contribution >= 4 is 11.5 Å². The molecule has 2 aromatic rings. The number of nitrogens with two attached hydrogens (primary N) is 1. The Morgan fingerprint density at radius 2 is 2.05 bits per heavy atom. The van der Waals surface area contributed by atoms with Gasteiger partial charge < -0.3 is 10.5 Å². The van der Waals surface area contributed by atoms with Gasteiger partial charge in [0.15, 0.2) is 0 Å². The lowest BCUT2D eigenvalue weighted by atomic mass is 10.2. The molecule has 1 heterocycles. The van der Waals surface area contributed by atoms with Crippen molar-refractivity contribution in [3.63, 3.8) is 0 Å². The zero-order valence-corrected chi connectivity index (χ0v) is 11.4. The van der Waals surface area contributed by atoms with E-state index in [2.05, 4.69) is 9.97 Å². The molecule has 21 heavy (non-hydrogen) atoms. The molecule has 7 nitrogen and oxygen atoms in total. The molecule has 0 aliphatic heterocycles. The van der Waals surface area contributed by atoms with E-state index in [9.17, 15) is 14.5 Å². The van der Waals surface area contributed by atoms with Gasteiger partial charge >= 0.3 is 5.69 Å². The van der Waals surface area contributed by atoms with E-state index >= 15 is 0 Å². The van der Waals surface area contributed by atoms with Crippen LogP contribution in [0.3, 0.4) is 0 Å². The fourth-order valence-corrected chi connectivity index (χ4v) is 1.59. The quantitative estimate of drug-likeness (QED) is 0.686. The summed E-state index contributed by atoms with van der Waals surface area (Å²) in [6, 6.07) is 4.63. The van der Waals surface area contributed by atoms with E-state index in [-0.39, 0.29) is 23.4 Å². The first kappa shape index (κ1) is 14.6. The Hall–Kier alpha value is -2.77. The lowest BCUT2D eigenvalue weighted by molar-refractivity contribution is -0.387. The number of ether oxygens (including phenoxy) is 1. The molecule has 0 saturated heterocycles. The van der Waals surface area contributed by atoms with Crippen molar-refractivity contribution in [1.82, 2.24) is 9.97 Å². The monoisotopic (exact) mass is 292 g/mol. The highest BCUT2D eigenvalue weighted by Gasteiger charge is 2.15. The van der Waals surface area contributed by atoms with E-state index in [4.69, 9.17) is 10.5 Å². The molecule has 110 valence electrons. The lowest BCUT2D eigenvalue weighted by Gasteiger charge is -2.09. The van der Waals surface area contributed by atoms with Gasteiger partial charge in [0.1, 0.15) is 17.4 Å². The van der Waals surface area contributed by atoms with Crippen LogP contribution in [0.25, 0.3) is 0 Å². The third-order valence-electron chi connectivity index (χ3n) is 2.59. The van der Waals surface area contributed by atoms with E-state index in [1.54, 1.807) is 0 Å². The molecule has 0 aliphatic carbocycles. The Bertz CT molecular complexity index is 691. The minimum atomic E-state index is -0.983. The largest absolute Gasteiger partial charge is 0.439 e. The molecular formula is C13H13FN4O3. The molecule has 2 N–H and O–H groups in total. The smallest absolute Gasteiger partial charge is 0.305 e. The molecule has 1 aromatic heterocycles. The van der Waals surface area contributed by atoms with Crippen LogP contribution in [0, 0.1) is 15.9 Å². The molecule has 0 fully saturated rings. The molecule has 8 heteroatoms. The van der Waals surface area contributed by atoms with Crippen molar-refractivity contribution in [2.24, 2.45) is 0 Å². The minimum absolute atomic E-state index is 0.0458. The summed E-state index contributed by atoms with van der Waals surface area (Å²) in [7, 11) is 0. The number of rotatable bonds is 4. The standard InChI is InChI=1S/C13H13FN4O3/c1-7(2)13-16-11(15)6-12(17-13)21-8-3-4-10(18(19)20)9(14)5-8/h3-7H,1-2H3,(H2,15,16,17). The van der Waals surface area contributed by atoms with Gasteiger partial charge in [-0.15, -0.1) is 0 Å². The Labute approximate surface area is 119 Å². The summed E-state index contributed by atoms with van der Waals surface area (Å²) < 4.78 is 18.9.